The smallest absolute Gasteiger partial charge is 0.224 e. The number of nitrogens with zero attached hydrogens (tertiary/aromatic N) is 2. The van der Waals surface area contributed by atoms with Crippen molar-refractivity contribution in [2.45, 2.75) is 34.1 Å². The van der Waals surface area contributed by atoms with E-state index in [2.05, 4.69) is 10.3 Å². The summed E-state index contributed by atoms with van der Waals surface area (Å²) in [5, 5.41) is 3.18. The fourth-order valence-corrected chi connectivity index (χ4v) is 2.56. The third-order valence-corrected chi connectivity index (χ3v) is 3.54. The van der Waals surface area contributed by atoms with E-state index < -0.39 is 0 Å². The molecule has 3 N–H and O–H groups in total. The Morgan fingerprint density at radius 3 is 2.52 bits per heavy atom. The van der Waals surface area contributed by atoms with Crippen molar-refractivity contribution in [2.75, 3.05) is 25.0 Å². The van der Waals surface area contributed by atoms with Gasteiger partial charge in [0.1, 0.15) is 10.8 Å². The van der Waals surface area contributed by atoms with Gasteiger partial charge in [0.25, 0.3) is 0 Å². The Labute approximate surface area is 131 Å². The van der Waals surface area contributed by atoms with Crippen molar-refractivity contribution in [3.8, 4) is 0 Å². The minimum Gasteiger partial charge on any atom is -0.389 e. The Morgan fingerprint density at radius 2 is 2.00 bits per heavy atom. The largest absolute Gasteiger partial charge is 0.389 e. The Morgan fingerprint density at radius 1 is 1.38 bits per heavy atom. The van der Waals surface area contributed by atoms with E-state index in [1.807, 2.05) is 38.7 Å². The lowest BCUT2D eigenvalue weighted by Gasteiger charge is -2.19. The maximum atomic E-state index is 12.0. The lowest BCUT2D eigenvalue weighted by Crippen LogP contribution is -2.31. The molecule has 0 unspecified atom stereocenters. The first kappa shape index (κ1) is 17.4. The molecule has 0 atom stereocenters. The van der Waals surface area contributed by atoms with Crippen LogP contribution >= 0.6 is 12.2 Å². The molecule has 6 heteroatoms. The highest BCUT2D eigenvalue weighted by Crippen LogP contribution is 2.18. The number of hydrogen-bond donors (Lipinski definition) is 2. The number of nitrogens with two attached hydrogens (primary N) is 1. The molecule has 0 saturated carbocycles. The van der Waals surface area contributed by atoms with Gasteiger partial charge in [0.05, 0.1) is 5.56 Å². The van der Waals surface area contributed by atoms with E-state index in [9.17, 15) is 4.79 Å². The lowest BCUT2D eigenvalue weighted by atomic mass is 10.1. The van der Waals surface area contributed by atoms with Gasteiger partial charge in [0.2, 0.25) is 5.91 Å². The SMILES string of the molecule is CCN(CC)C(=O)CCNc1nc(C)cc(C)c1C(N)=S. The fourth-order valence-electron chi connectivity index (χ4n) is 2.30. The van der Waals surface area contributed by atoms with E-state index in [4.69, 9.17) is 18.0 Å². The minimum atomic E-state index is 0.133. The Bertz CT molecular complexity index is 527. The Balaban J connectivity index is 2.76. The third-order valence-electron chi connectivity index (χ3n) is 3.34. The summed E-state index contributed by atoms with van der Waals surface area (Å²) in [7, 11) is 0. The molecule has 1 aromatic heterocycles. The first-order valence-corrected chi connectivity index (χ1v) is 7.61. The lowest BCUT2D eigenvalue weighted by molar-refractivity contribution is -0.130. The number of pyridine rings is 1. The molecule has 0 aromatic carbocycles. The zero-order valence-corrected chi connectivity index (χ0v) is 14.0. The van der Waals surface area contributed by atoms with Gasteiger partial charge in [-0.25, -0.2) is 4.98 Å². The van der Waals surface area contributed by atoms with Crippen LogP contribution in [-0.2, 0) is 4.79 Å². The molecule has 116 valence electrons. The molecule has 1 aromatic rings. The van der Waals surface area contributed by atoms with Gasteiger partial charge in [-0.3, -0.25) is 4.79 Å². The quantitative estimate of drug-likeness (QED) is 0.754. The third kappa shape index (κ3) is 4.67. The van der Waals surface area contributed by atoms with Crippen molar-refractivity contribution in [3.05, 3.63) is 22.9 Å². The van der Waals surface area contributed by atoms with E-state index in [1.54, 1.807) is 0 Å². The number of rotatable bonds is 7. The second-order valence-electron chi connectivity index (χ2n) is 4.91. The summed E-state index contributed by atoms with van der Waals surface area (Å²) in [6.45, 7) is 9.81. The maximum absolute atomic E-state index is 12.0. The summed E-state index contributed by atoms with van der Waals surface area (Å²) in [5.74, 6) is 0.793. The summed E-state index contributed by atoms with van der Waals surface area (Å²) >= 11 is 5.08. The van der Waals surface area contributed by atoms with Crippen LogP contribution in [0.4, 0.5) is 5.82 Å². The van der Waals surface area contributed by atoms with Crippen LogP contribution in [0.3, 0.4) is 0 Å². The molecule has 0 saturated heterocycles. The van der Waals surface area contributed by atoms with E-state index in [0.29, 0.717) is 23.8 Å². The number of anilines is 1. The Hall–Kier alpha value is -1.69. The van der Waals surface area contributed by atoms with Crippen molar-refractivity contribution >= 4 is 28.9 Å². The molecule has 0 bridgehead atoms. The van der Waals surface area contributed by atoms with Crippen molar-refractivity contribution in [3.63, 3.8) is 0 Å². The van der Waals surface area contributed by atoms with Crippen molar-refractivity contribution in [1.82, 2.24) is 9.88 Å². The minimum absolute atomic E-state index is 0.133. The summed E-state index contributed by atoms with van der Waals surface area (Å²) in [5.41, 5.74) is 8.41. The predicted octanol–water partition coefficient (Wildman–Crippen LogP) is 2.00. The van der Waals surface area contributed by atoms with Crippen molar-refractivity contribution < 1.29 is 4.79 Å². The molecule has 0 spiro atoms. The number of carbonyl (C=O) groups is 1. The molecule has 5 nitrogen and oxygen atoms in total. The standard InChI is InChI=1S/C15H24N4OS/c1-5-19(6-2)12(20)7-8-17-15-13(14(16)21)10(3)9-11(4)18-15/h9H,5-8H2,1-4H3,(H2,16,21)(H,17,18). The second-order valence-corrected chi connectivity index (χ2v) is 5.35. The number of carbonyl (C=O) groups excluding carboxylic acids is 1. The molecule has 1 heterocycles. The van der Waals surface area contributed by atoms with Crippen LogP contribution in [0.2, 0.25) is 0 Å². The number of aryl methyl sites for hydroxylation is 2. The molecule has 21 heavy (non-hydrogen) atoms. The van der Waals surface area contributed by atoms with Crippen LogP contribution in [0.25, 0.3) is 0 Å². The topological polar surface area (TPSA) is 71.2 Å². The summed E-state index contributed by atoms with van der Waals surface area (Å²) < 4.78 is 0. The number of nitrogens with one attached hydrogen (secondary N) is 1. The molecular formula is C15H24N4OS. The van der Waals surface area contributed by atoms with Gasteiger partial charge in [-0.1, -0.05) is 12.2 Å². The number of amides is 1. The monoisotopic (exact) mass is 308 g/mol. The van der Waals surface area contributed by atoms with Crippen LogP contribution in [0.1, 0.15) is 37.1 Å². The molecule has 0 aliphatic rings. The zero-order valence-electron chi connectivity index (χ0n) is 13.2. The van der Waals surface area contributed by atoms with Crippen molar-refractivity contribution in [2.24, 2.45) is 5.73 Å². The Kier molecular flexibility index (Phi) is 6.55. The number of thiocarbonyl (C=S) groups is 1. The molecule has 0 aliphatic heterocycles. The van der Waals surface area contributed by atoms with Crippen LogP contribution in [0.15, 0.2) is 6.07 Å². The first-order chi connectivity index (χ1) is 9.90. The summed E-state index contributed by atoms with van der Waals surface area (Å²) in [6.07, 6.45) is 0.424. The fraction of sp³-hybridized carbons (Fsp3) is 0.533. The van der Waals surface area contributed by atoms with Gasteiger partial charge in [0.15, 0.2) is 0 Å². The van der Waals surface area contributed by atoms with Crippen LogP contribution in [0, 0.1) is 13.8 Å². The molecule has 1 rings (SSSR count). The maximum Gasteiger partial charge on any atom is 0.224 e. The highest BCUT2D eigenvalue weighted by molar-refractivity contribution is 7.80. The summed E-state index contributed by atoms with van der Waals surface area (Å²) in [4.78, 5) is 18.5. The normalized spacial score (nSPS) is 10.3. The van der Waals surface area contributed by atoms with Crippen LogP contribution < -0.4 is 11.1 Å². The number of hydrogen-bond acceptors (Lipinski definition) is 4. The van der Waals surface area contributed by atoms with Gasteiger partial charge in [0, 0.05) is 31.7 Å². The van der Waals surface area contributed by atoms with Gasteiger partial charge in [-0.05, 0) is 39.3 Å². The van der Waals surface area contributed by atoms with Crippen LogP contribution in [0.5, 0.6) is 0 Å². The summed E-state index contributed by atoms with van der Waals surface area (Å²) in [6, 6.07) is 1.95. The van der Waals surface area contributed by atoms with E-state index >= 15 is 0 Å². The molecular weight excluding hydrogens is 284 g/mol. The number of aromatic nitrogens is 1. The highest BCUT2D eigenvalue weighted by Gasteiger charge is 2.13. The van der Waals surface area contributed by atoms with Gasteiger partial charge < -0.3 is 16.0 Å². The molecule has 0 aliphatic carbocycles. The average molecular weight is 308 g/mol. The highest BCUT2D eigenvalue weighted by atomic mass is 32.1. The zero-order chi connectivity index (χ0) is 16.0. The van der Waals surface area contributed by atoms with Gasteiger partial charge in [-0.15, -0.1) is 0 Å². The molecule has 1 amide bonds. The van der Waals surface area contributed by atoms with E-state index in [0.717, 1.165) is 29.9 Å². The first-order valence-electron chi connectivity index (χ1n) is 7.20. The van der Waals surface area contributed by atoms with Crippen LogP contribution in [-0.4, -0.2) is 40.4 Å². The second kappa shape index (κ2) is 7.93. The van der Waals surface area contributed by atoms with E-state index in [1.165, 1.54) is 0 Å². The predicted molar refractivity (Wildman–Crippen MR) is 90.6 cm³/mol. The van der Waals surface area contributed by atoms with E-state index in [-0.39, 0.29) is 5.91 Å². The van der Waals surface area contributed by atoms with Gasteiger partial charge >= 0.3 is 0 Å². The molecule has 0 fully saturated rings. The van der Waals surface area contributed by atoms with Crippen molar-refractivity contribution in [1.29, 1.82) is 0 Å². The van der Waals surface area contributed by atoms with Gasteiger partial charge in [-0.2, -0.15) is 0 Å². The average Bonchev–Trinajstić information content (AvgIpc) is 2.38. The molecule has 0 radical (unpaired) electrons.